The molecular formula is C17H16N2O3. The molecule has 1 aromatic carbocycles. The molecule has 3 aromatic rings. The predicted octanol–water partition coefficient (Wildman–Crippen LogP) is 3.07. The van der Waals surface area contributed by atoms with Crippen LogP contribution in [0.25, 0.3) is 11.0 Å². The number of aromatic nitrogens is 1. The van der Waals surface area contributed by atoms with E-state index in [0.717, 1.165) is 22.3 Å². The Kier molecular flexibility index (Phi) is 3.78. The summed E-state index contributed by atoms with van der Waals surface area (Å²) < 4.78 is 10.9. The van der Waals surface area contributed by atoms with Gasteiger partial charge < -0.3 is 14.5 Å². The second-order valence-corrected chi connectivity index (χ2v) is 4.96. The van der Waals surface area contributed by atoms with Crippen molar-refractivity contribution in [1.29, 1.82) is 0 Å². The molecule has 0 saturated heterocycles. The summed E-state index contributed by atoms with van der Waals surface area (Å²) in [5.41, 5.74) is 2.41. The first-order valence-electron chi connectivity index (χ1n) is 6.93. The number of carbonyl (C=O) groups excluding carboxylic acids is 1. The molecule has 22 heavy (non-hydrogen) atoms. The smallest absolute Gasteiger partial charge is 0.287 e. The maximum atomic E-state index is 12.3. The van der Waals surface area contributed by atoms with Crippen LogP contribution in [-0.2, 0) is 6.54 Å². The van der Waals surface area contributed by atoms with Crippen LogP contribution in [0.2, 0.25) is 0 Å². The van der Waals surface area contributed by atoms with E-state index in [9.17, 15) is 4.79 Å². The van der Waals surface area contributed by atoms with Gasteiger partial charge in [0.05, 0.1) is 7.11 Å². The van der Waals surface area contributed by atoms with Crippen LogP contribution in [0.4, 0.5) is 0 Å². The van der Waals surface area contributed by atoms with Crippen LogP contribution in [0, 0.1) is 6.92 Å². The molecule has 3 rings (SSSR count). The molecule has 2 heterocycles. The van der Waals surface area contributed by atoms with Crippen molar-refractivity contribution in [2.75, 3.05) is 7.11 Å². The second-order valence-electron chi connectivity index (χ2n) is 4.96. The quantitative estimate of drug-likeness (QED) is 0.803. The Morgan fingerprint density at radius 2 is 2.23 bits per heavy atom. The lowest BCUT2D eigenvalue weighted by atomic mass is 10.1. The first kappa shape index (κ1) is 14.1. The topological polar surface area (TPSA) is 64.4 Å². The van der Waals surface area contributed by atoms with Gasteiger partial charge >= 0.3 is 0 Å². The predicted molar refractivity (Wildman–Crippen MR) is 82.9 cm³/mol. The largest absolute Gasteiger partial charge is 0.497 e. The molecule has 0 radical (unpaired) electrons. The van der Waals surface area contributed by atoms with Gasteiger partial charge in [0.25, 0.3) is 5.91 Å². The van der Waals surface area contributed by atoms with Gasteiger partial charge in [-0.25, -0.2) is 0 Å². The van der Waals surface area contributed by atoms with Crippen molar-refractivity contribution in [3.63, 3.8) is 0 Å². The zero-order valence-electron chi connectivity index (χ0n) is 12.4. The lowest BCUT2D eigenvalue weighted by molar-refractivity contribution is 0.0924. The van der Waals surface area contributed by atoms with Crippen molar-refractivity contribution in [3.05, 3.63) is 59.6 Å². The van der Waals surface area contributed by atoms with Crippen LogP contribution >= 0.6 is 0 Å². The maximum absolute atomic E-state index is 12.3. The summed E-state index contributed by atoms with van der Waals surface area (Å²) in [7, 11) is 1.61. The number of furan rings is 1. The third kappa shape index (κ3) is 2.65. The third-order valence-corrected chi connectivity index (χ3v) is 3.53. The van der Waals surface area contributed by atoms with E-state index < -0.39 is 0 Å². The van der Waals surface area contributed by atoms with Gasteiger partial charge in [-0.15, -0.1) is 0 Å². The summed E-state index contributed by atoms with van der Waals surface area (Å²) in [6, 6.07) is 9.22. The van der Waals surface area contributed by atoms with Gasteiger partial charge in [-0.3, -0.25) is 9.78 Å². The number of hydrogen-bond acceptors (Lipinski definition) is 4. The average molecular weight is 296 g/mol. The molecule has 0 aliphatic rings. The number of aryl methyl sites for hydroxylation is 1. The summed E-state index contributed by atoms with van der Waals surface area (Å²) >= 11 is 0. The summed E-state index contributed by atoms with van der Waals surface area (Å²) in [6.45, 7) is 2.27. The fourth-order valence-corrected chi connectivity index (χ4v) is 2.31. The van der Waals surface area contributed by atoms with Gasteiger partial charge in [0.15, 0.2) is 5.76 Å². The van der Waals surface area contributed by atoms with E-state index in [2.05, 4.69) is 10.3 Å². The van der Waals surface area contributed by atoms with Crippen molar-refractivity contribution in [1.82, 2.24) is 10.3 Å². The molecule has 1 amide bonds. The van der Waals surface area contributed by atoms with Crippen LogP contribution < -0.4 is 10.1 Å². The van der Waals surface area contributed by atoms with E-state index in [1.807, 2.05) is 31.2 Å². The maximum Gasteiger partial charge on any atom is 0.287 e. The zero-order chi connectivity index (χ0) is 15.5. The van der Waals surface area contributed by atoms with Gasteiger partial charge in [0.2, 0.25) is 0 Å². The average Bonchev–Trinajstić information content (AvgIpc) is 2.90. The van der Waals surface area contributed by atoms with E-state index in [1.165, 1.54) is 0 Å². The van der Waals surface area contributed by atoms with Gasteiger partial charge in [0.1, 0.15) is 11.3 Å². The molecule has 5 heteroatoms. The third-order valence-electron chi connectivity index (χ3n) is 3.53. The van der Waals surface area contributed by atoms with Crippen molar-refractivity contribution in [3.8, 4) is 5.75 Å². The normalized spacial score (nSPS) is 10.6. The molecule has 0 aliphatic heterocycles. The lowest BCUT2D eigenvalue weighted by Gasteiger charge is -2.03. The number of rotatable bonds is 4. The molecule has 1 N–H and O–H groups in total. The van der Waals surface area contributed by atoms with E-state index in [4.69, 9.17) is 9.15 Å². The number of nitrogens with zero attached hydrogens (tertiary/aromatic N) is 1. The van der Waals surface area contributed by atoms with Crippen molar-refractivity contribution < 1.29 is 13.9 Å². The number of carbonyl (C=O) groups is 1. The number of fused-ring (bicyclic) bond motifs is 1. The molecular weight excluding hydrogens is 280 g/mol. The number of hydrogen-bond donors (Lipinski definition) is 1. The Labute approximate surface area is 127 Å². The second kappa shape index (κ2) is 5.89. The Balaban J connectivity index is 1.83. The minimum atomic E-state index is -0.239. The Morgan fingerprint density at radius 3 is 2.95 bits per heavy atom. The Hall–Kier alpha value is -2.82. The number of benzene rings is 1. The minimum absolute atomic E-state index is 0.239. The van der Waals surface area contributed by atoms with Gasteiger partial charge in [0, 0.05) is 29.9 Å². The first-order valence-corrected chi connectivity index (χ1v) is 6.93. The lowest BCUT2D eigenvalue weighted by Crippen LogP contribution is -2.23. The van der Waals surface area contributed by atoms with E-state index in [1.54, 1.807) is 25.6 Å². The van der Waals surface area contributed by atoms with Crippen LogP contribution in [0.5, 0.6) is 5.75 Å². The van der Waals surface area contributed by atoms with Gasteiger partial charge in [-0.2, -0.15) is 0 Å². The highest BCUT2D eigenvalue weighted by Gasteiger charge is 2.17. The molecule has 0 spiro atoms. The van der Waals surface area contributed by atoms with Crippen LogP contribution in [0.3, 0.4) is 0 Å². The van der Waals surface area contributed by atoms with E-state index in [-0.39, 0.29) is 5.91 Å². The molecule has 0 bridgehead atoms. The number of methoxy groups -OCH3 is 1. The monoisotopic (exact) mass is 296 g/mol. The van der Waals surface area contributed by atoms with Crippen LogP contribution in [0.1, 0.15) is 21.7 Å². The summed E-state index contributed by atoms with van der Waals surface area (Å²) in [6.07, 6.45) is 3.42. The SMILES string of the molecule is COc1ccc2oc(C(=O)NCc3cccnc3)c(C)c2c1. The molecule has 5 nitrogen and oxygen atoms in total. The number of ether oxygens (including phenoxy) is 1. The molecule has 0 fully saturated rings. The highest BCUT2D eigenvalue weighted by Crippen LogP contribution is 2.28. The first-order chi connectivity index (χ1) is 10.7. The zero-order valence-corrected chi connectivity index (χ0v) is 12.4. The van der Waals surface area contributed by atoms with Crippen molar-refractivity contribution in [2.45, 2.75) is 13.5 Å². The Morgan fingerprint density at radius 1 is 1.36 bits per heavy atom. The molecule has 0 unspecified atom stereocenters. The fraction of sp³-hybridized carbons (Fsp3) is 0.176. The molecule has 112 valence electrons. The van der Waals surface area contributed by atoms with Gasteiger partial charge in [-0.05, 0) is 36.8 Å². The molecule has 0 aliphatic carbocycles. The number of nitrogens with one attached hydrogen (secondary N) is 1. The van der Waals surface area contributed by atoms with Crippen LogP contribution in [-0.4, -0.2) is 18.0 Å². The summed E-state index contributed by atoms with van der Waals surface area (Å²) in [4.78, 5) is 16.3. The van der Waals surface area contributed by atoms with Crippen LogP contribution in [0.15, 0.2) is 47.1 Å². The number of pyridine rings is 1. The van der Waals surface area contributed by atoms with Gasteiger partial charge in [-0.1, -0.05) is 6.07 Å². The summed E-state index contributed by atoms with van der Waals surface area (Å²) in [5, 5.41) is 3.72. The Bertz CT molecular complexity index is 809. The standard InChI is InChI=1S/C17H16N2O3/c1-11-14-8-13(21-2)5-6-15(14)22-16(11)17(20)19-10-12-4-3-7-18-9-12/h3-9H,10H2,1-2H3,(H,19,20). The fourth-order valence-electron chi connectivity index (χ4n) is 2.31. The highest BCUT2D eigenvalue weighted by atomic mass is 16.5. The highest BCUT2D eigenvalue weighted by molar-refractivity contribution is 5.99. The molecule has 0 saturated carbocycles. The van der Waals surface area contributed by atoms with E-state index in [0.29, 0.717) is 17.9 Å². The minimum Gasteiger partial charge on any atom is -0.497 e. The molecule has 2 aromatic heterocycles. The van der Waals surface area contributed by atoms with Crippen molar-refractivity contribution in [2.24, 2.45) is 0 Å². The summed E-state index contributed by atoms with van der Waals surface area (Å²) in [5.74, 6) is 0.822. The number of amides is 1. The molecule has 0 atom stereocenters. The van der Waals surface area contributed by atoms with E-state index >= 15 is 0 Å². The van der Waals surface area contributed by atoms with Crippen molar-refractivity contribution >= 4 is 16.9 Å².